The summed E-state index contributed by atoms with van der Waals surface area (Å²) >= 11 is 0. The van der Waals surface area contributed by atoms with Gasteiger partial charge in [-0.15, -0.1) is 0 Å². The molecule has 0 spiro atoms. The highest BCUT2D eigenvalue weighted by atomic mass is 16.3. The Labute approximate surface area is 150 Å². The number of nitriles is 1. The first kappa shape index (κ1) is 17.5. The summed E-state index contributed by atoms with van der Waals surface area (Å²) in [5, 5.41) is 32.8. The molecule has 130 valence electrons. The summed E-state index contributed by atoms with van der Waals surface area (Å²) < 4.78 is 1.04. The van der Waals surface area contributed by atoms with Crippen molar-refractivity contribution in [1.29, 1.82) is 5.26 Å². The van der Waals surface area contributed by atoms with E-state index in [-0.39, 0.29) is 12.1 Å². The number of hydrogen-bond donors (Lipinski definition) is 2. The van der Waals surface area contributed by atoms with Gasteiger partial charge in [-0.3, -0.25) is 4.79 Å². The number of aliphatic hydroxyl groups is 2. The van der Waals surface area contributed by atoms with Crippen molar-refractivity contribution < 1.29 is 10.2 Å². The van der Waals surface area contributed by atoms with Gasteiger partial charge < -0.3 is 10.2 Å². The van der Waals surface area contributed by atoms with Gasteiger partial charge in [0.15, 0.2) is 0 Å². The summed E-state index contributed by atoms with van der Waals surface area (Å²) in [5.41, 5.74) is 1.74. The van der Waals surface area contributed by atoms with Gasteiger partial charge >= 0.3 is 0 Å². The molecule has 2 aromatic carbocycles. The molecule has 1 unspecified atom stereocenters. The molecule has 0 saturated carbocycles. The van der Waals surface area contributed by atoms with Gasteiger partial charge in [-0.1, -0.05) is 60.7 Å². The normalized spacial score (nSPS) is 11.7. The molecule has 1 atom stereocenters. The maximum Gasteiger partial charge on any atom is 0.285 e. The fraction of sp³-hybridized carbons (Fsp3) is 0.150. The van der Waals surface area contributed by atoms with E-state index in [1.165, 1.54) is 0 Å². The van der Waals surface area contributed by atoms with E-state index >= 15 is 0 Å². The first-order valence-corrected chi connectivity index (χ1v) is 8.10. The van der Waals surface area contributed by atoms with E-state index in [1.54, 1.807) is 0 Å². The van der Waals surface area contributed by atoms with Crippen LogP contribution in [0.2, 0.25) is 0 Å². The molecule has 26 heavy (non-hydrogen) atoms. The molecule has 6 heteroatoms. The minimum atomic E-state index is -1.14. The molecule has 0 amide bonds. The summed E-state index contributed by atoms with van der Waals surface area (Å²) in [6, 6.07) is 20.4. The van der Waals surface area contributed by atoms with Crippen LogP contribution >= 0.6 is 0 Å². The van der Waals surface area contributed by atoms with Gasteiger partial charge in [0.1, 0.15) is 17.3 Å². The van der Waals surface area contributed by atoms with Crippen molar-refractivity contribution in [3.05, 3.63) is 76.6 Å². The van der Waals surface area contributed by atoms with Gasteiger partial charge in [-0.2, -0.15) is 10.4 Å². The van der Waals surface area contributed by atoms with E-state index in [0.717, 1.165) is 10.2 Å². The number of aromatic nitrogens is 2. The SMILES string of the molecule is N#Cc1c(-c2ccccc2)c(-c2ccccc2)nn(CC(O)CO)c1=O. The monoisotopic (exact) mass is 347 g/mol. The maximum atomic E-state index is 12.7. The topological polar surface area (TPSA) is 99.1 Å². The Hall–Kier alpha value is -3.27. The molecule has 0 fully saturated rings. The highest BCUT2D eigenvalue weighted by Crippen LogP contribution is 2.31. The molecule has 0 aliphatic carbocycles. The highest BCUT2D eigenvalue weighted by Gasteiger charge is 2.21. The minimum absolute atomic E-state index is 0.0461. The largest absolute Gasteiger partial charge is 0.394 e. The summed E-state index contributed by atoms with van der Waals surface area (Å²) in [6.07, 6.45) is -1.14. The molecule has 0 bridgehead atoms. The third-order valence-corrected chi connectivity index (χ3v) is 3.97. The number of nitrogens with zero attached hydrogens (tertiary/aromatic N) is 3. The Morgan fingerprint density at radius 2 is 1.62 bits per heavy atom. The molecular weight excluding hydrogens is 330 g/mol. The van der Waals surface area contributed by atoms with E-state index in [4.69, 9.17) is 5.11 Å². The third kappa shape index (κ3) is 3.40. The molecule has 3 aromatic rings. The zero-order valence-corrected chi connectivity index (χ0v) is 13.9. The molecule has 1 aromatic heterocycles. The van der Waals surface area contributed by atoms with Crippen LogP contribution in [0.25, 0.3) is 22.4 Å². The Balaban J connectivity index is 2.34. The van der Waals surface area contributed by atoms with Crippen LogP contribution < -0.4 is 5.56 Å². The fourth-order valence-electron chi connectivity index (χ4n) is 2.74. The zero-order valence-electron chi connectivity index (χ0n) is 13.9. The van der Waals surface area contributed by atoms with Crippen LogP contribution in [-0.2, 0) is 6.54 Å². The van der Waals surface area contributed by atoms with Gasteiger partial charge in [-0.25, -0.2) is 4.68 Å². The smallest absolute Gasteiger partial charge is 0.285 e. The van der Waals surface area contributed by atoms with E-state index in [2.05, 4.69) is 5.10 Å². The minimum Gasteiger partial charge on any atom is -0.394 e. The second-order valence-electron chi connectivity index (χ2n) is 5.77. The summed E-state index contributed by atoms with van der Waals surface area (Å²) in [6.45, 7) is -0.698. The second kappa shape index (κ2) is 7.74. The summed E-state index contributed by atoms with van der Waals surface area (Å²) in [4.78, 5) is 12.7. The van der Waals surface area contributed by atoms with Crippen LogP contribution in [0.5, 0.6) is 0 Å². The van der Waals surface area contributed by atoms with E-state index < -0.39 is 18.3 Å². The van der Waals surface area contributed by atoms with Gasteiger partial charge in [0.05, 0.1) is 19.3 Å². The zero-order chi connectivity index (χ0) is 18.5. The highest BCUT2D eigenvalue weighted by molar-refractivity contribution is 5.84. The lowest BCUT2D eigenvalue weighted by atomic mass is 9.96. The average molecular weight is 347 g/mol. The summed E-state index contributed by atoms with van der Waals surface area (Å²) in [7, 11) is 0. The van der Waals surface area contributed by atoms with Crippen molar-refractivity contribution >= 4 is 0 Å². The van der Waals surface area contributed by atoms with E-state index in [1.807, 2.05) is 66.7 Å². The number of benzene rings is 2. The molecule has 0 saturated heterocycles. The molecule has 1 heterocycles. The van der Waals surface area contributed by atoms with Crippen LogP contribution in [0, 0.1) is 11.3 Å². The van der Waals surface area contributed by atoms with E-state index in [0.29, 0.717) is 16.8 Å². The van der Waals surface area contributed by atoms with Crippen LogP contribution in [0.15, 0.2) is 65.5 Å². The molecule has 0 aliphatic heterocycles. The van der Waals surface area contributed by atoms with Gasteiger partial charge in [-0.05, 0) is 5.56 Å². The van der Waals surface area contributed by atoms with Gasteiger partial charge in [0.2, 0.25) is 0 Å². The molecule has 6 nitrogen and oxygen atoms in total. The van der Waals surface area contributed by atoms with Gasteiger partial charge in [0, 0.05) is 11.1 Å². The van der Waals surface area contributed by atoms with E-state index in [9.17, 15) is 15.2 Å². The number of aliphatic hydroxyl groups excluding tert-OH is 2. The van der Waals surface area contributed by atoms with Crippen molar-refractivity contribution in [2.24, 2.45) is 0 Å². The Kier molecular flexibility index (Phi) is 5.23. The lowest BCUT2D eigenvalue weighted by Crippen LogP contribution is -2.32. The van der Waals surface area contributed by atoms with Crippen molar-refractivity contribution in [2.75, 3.05) is 6.61 Å². The predicted molar refractivity (Wildman–Crippen MR) is 97.2 cm³/mol. The van der Waals surface area contributed by atoms with Gasteiger partial charge in [0.25, 0.3) is 5.56 Å². The fourth-order valence-corrected chi connectivity index (χ4v) is 2.74. The first-order valence-electron chi connectivity index (χ1n) is 8.10. The van der Waals surface area contributed by atoms with Crippen LogP contribution in [-0.4, -0.2) is 32.7 Å². The van der Waals surface area contributed by atoms with Crippen LogP contribution in [0.1, 0.15) is 5.56 Å². The van der Waals surface area contributed by atoms with Crippen molar-refractivity contribution in [1.82, 2.24) is 9.78 Å². The molecule has 0 radical (unpaired) electrons. The number of hydrogen-bond acceptors (Lipinski definition) is 5. The lowest BCUT2D eigenvalue weighted by Gasteiger charge is -2.16. The van der Waals surface area contributed by atoms with Crippen molar-refractivity contribution in [3.63, 3.8) is 0 Å². The maximum absolute atomic E-state index is 12.7. The quantitative estimate of drug-likeness (QED) is 0.733. The molecular formula is C20H17N3O3. The standard InChI is InChI=1S/C20H17N3O3/c21-11-17-18(14-7-3-1-4-8-14)19(15-9-5-2-6-10-15)22-23(20(17)26)12-16(25)13-24/h1-10,16,24-25H,12-13H2. The lowest BCUT2D eigenvalue weighted by molar-refractivity contribution is 0.0770. The van der Waals surface area contributed by atoms with Crippen molar-refractivity contribution in [2.45, 2.75) is 12.6 Å². The predicted octanol–water partition coefficient (Wildman–Crippen LogP) is 1.80. The van der Waals surface area contributed by atoms with Crippen LogP contribution in [0.3, 0.4) is 0 Å². The Morgan fingerprint density at radius 3 is 2.15 bits per heavy atom. The van der Waals surface area contributed by atoms with Crippen molar-refractivity contribution in [3.8, 4) is 28.5 Å². The second-order valence-corrected chi connectivity index (χ2v) is 5.77. The summed E-state index contributed by atoms with van der Waals surface area (Å²) in [5.74, 6) is 0. The molecule has 2 N–H and O–H groups in total. The third-order valence-electron chi connectivity index (χ3n) is 3.97. The first-order chi connectivity index (χ1) is 12.7. The molecule has 3 rings (SSSR count). The van der Waals surface area contributed by atoms with Crippen LogP contribution in [0.4, 0.5) is 0 Å². The average Bonchev–Trinajstić information content (AvgIpc) is 2.70. The molecule has 0 aliphatic rings. The Morgan fingerprint density at radius 1 is 1.04 bits per heavy atom. The Bertz CT molecular complexity index is 993. The number of rotatable bonds is 5.